The van der Waals surface area contributed by atoms with Gasteiger partial charge < -0.3 is 4.90 Å². The maximum atomic E-state index is 13.5. The molecule has 180 valence electrons. The number of sulfonamides is 1. The molecule has 0 unspecified atom stereocenters. The lowest BCUT2D eigenvalue weighted by Crippen LogP contribution is -2.36. The average molecular weight is 496 g/mol. The third-order valence-corrected chi connectivity index (χ3v) is 7.94. The highest BCUT2D eigenvalue weighted by molar-refractivity contribution is 7.93. The molecule has 5 rings (SSSR count). The lowest BCUT2D eigenvalue weighted by Gasteiger charge is -2.32. The Morgan fingerprint density at radius 1 is 0.944 bits per heavy atom. The van der Waals surface area contributed by atoms with Gasteiger partial charge in [-0.25, -0.2) is 8.42 Å². The van der Waals surface area contributed by atoms with Crippen LogP contribution < -0.4 is 9.62 Å². The van der Waals surface area contributed by atoms with Crippen molar-refractivity contribution in [2.75, 3.05) is 16.2 Å². The third kappa shape index (κ3) is 4.68. The zero-order valence-corrected chi connectivity index (χ0v) is 20.5. The highest BCUT2D eigenvalue weighted by atomic mass is 32.2. The second-order valence-electron chi connectivity index (χ2n) is 8.85. The van der Waals surface area contributed by atoms with Crippen LogP contribution in [0.5, 0.6) is 0 Å². The number of carbonyl (C=O) groups excluding carboxylic acids is 1. The van der Waals surface area contributed by atoms with Gasteiger partial charge in [0.25, 0.3) is 10.0 Å². The SMILES string of the molecule is N#Cc1ccc(CCC(=O)N2CCCc3cccc(NS(=O)(=O)c4cccc5ccccc45)c32)cc1. The minimum atomic E-state index is -3.90. The third-order valence-electron chi connectivity index (χ3n) is 6.51. The van der Waals surface area contributed by atoms with Crippen LogP contribution in [0.15, 0.2) is 89.8 Å². The predicted octanol–water partition coefficient (Wildman–Crippen LogP) is 5.42. The molecule has 0 saturated carbocycles. The van der Waals surface area contributed by atoms with Crippen molar-refractivity contribution in [3.63, 3.8) is 0 Å². The number of nitriles is 1. The van der Waals surface area contributed by atoms with Crippen LogP contribution in [0.4, 0.5) is 11.4 Å². The monoisotopic (exact) mass is 495 g/mol. The summed E-state index contributed by atoms with van der Waals surface area (Å²) in [5.74, 6) is -0.0582. The van der Waals surface area contributed by atoms with E-state index in [0.717, 1.165) is 29.4 Å². The first kappa shape index (κ1) is 23.6. The standard InChI is InChI=1S/C29H25N3O3S/c30-20-22-15-13-21(14-16-22)17-18-28(33)32-19-5-9-24-8-3-11-26(29(24)32)31-36(34,35)27-12-4-7-23-6-1-2-10-25(23)27/h1-4,6-8,10-16,31H,5,9,17-19H2. The smallest absolute Gasteiger partial charge is 0.262 e. The lowest BCUT2D eigenvalue weighted by atomic mass is 9.99. The fourth-order valence-corrected chi connectivity index (χ4v) is 6.04. The first-order valence-corrected chi connectivity index (χ1v) is 13.4. The molecular formula is C29H25N3O3S. The second-order valence-corrected chi connectivity index (χ2v) is 10.5. The summed E-state index contributed by atoms with van der Waals surface area (Å²) < 4.78 is 29.8. The zero-order valence-electron chi connectivity index (χ0n) is 19.6. The molecule has 0 radical (unpaired) electrons. The Labute approximate surface area is 210 Å². The van der Waals surface area contributed by atoms with Gasteiger partial charge in [0.05, 0.1) is 27.9 Å². The van der Waals surface area contributed by atoms with Crippen LogP contribution in [-0.2, 0) is 27.7 Å². The highest BCUT2D eigenvalue weighted by Crippen LogP contribution is 2.37. The molecule has 0 bridgehead atoms. The Morgan fingerprint density at radius 2 is 1.69 bits per heavy atom. The van der Waals surface area contributed by atoms with E-state index >= 15 is 0 Å². The molecule has 0 fully saturated rings. The summed E-state index contributed by atoms with van der Waals surface area (Å²) in [6, 6.07) is 27.4. The van der Waals surface area contributed by atoms with Gasteiger partial charge in [-0.05, 0) is 60.0 Å². The summed E-state index contributed by atoms with van der Waals surface area (Å²) in [7, 11) is -3.90. The van der Waals surface area contributed by atoms with Crippen LogP contribution in [0.25, 0.3) is 10.8 Å². The summed E-state index contributed by atoms with van der Waals surface area (Å²) >= 11 is 0. The Hall–Kier alpha value is -4.15. The van der Waals surface area contributed by atoms with Crippen molar-refractivity contribution < 1.29 is 13.2 Å². The van der Waals surface area contributed by atoms with Crippen LogP contribution in [0.2, 0.25) is 0 Å². The Bertz CT molecular complexity index is 1580. The fourth-order valence-electron chi connectivity index (χ4n) is 4.74. The number of benzene rings is 4. The molecule has 0 atom stereocenters. The Balaban J connectivity index is 1.43. The second kappa shape index (κ2) is 9.84. The quantitative estimate of drug-likeness (QED) is 0.386. The normalized spacial score (nSPS) is 13.1. The average Bonchev–Trinajstić information content (AvgIpc) is 2.91. The van der Waals surface area contributed by atoms with Crippen molar-refractivity contribution in [2.24, 2.45) is 0 Å². The van der Waals surface area contributed by atoms with Crippen molar-refractivity contribution >= 4 is 38.1 Å². The van der Waals surface area contributed by atoms with E-state index in [9.17, 15) is 13.2 Å². The molecule has 36 heavy (non-hydrogen) atoms. The van der Waals surface area contributed by atoms with E-state index in [0.29, 0.717) is 35.3 Å². The molecule has 7 heteroatoms. The number of hydrogen-bond donors (Lipinski definition) is 1. The summed E-state index contributed by atoms with van der Waals surface area (Å²) in [6.07, 6.45) is 2.42. The molecule has 0 spiro atoms. The van der Waals surface area contributed by atoms with Gasteiger partial charge in [0, 0.05) is 18.4 Å². The van der Waals surface area contributed by atoms with Crippen LogP contribution in [0.1, 0.15) is 29.5 Å². The van der Waals surface area contributed by atoms with Gasteiger partial charge in [-0.1, -0.05) is 60.7 Å². The number of fused-ring (bicyclic) bond motifs is 2. The van der Waals surface area contributed by atoms with E-state index in [1.54, 1.807) is 41.3 Å². The summed E-state index contributed by atoms with van der Waals surface area (Å²) in [5, 5.41) is 10.5. The van der Waals surface area contributed by atoms with Crippen LogP contribution in [0, 0.1) is 11.3 Å². The highest BCUT2D eigenvalue weighted by Gasteiger charge is 2.27. The first-order chi connectivity index (χ1) is 17.5. The van der Waals surface area contributed by atoms with Crippen LogP contribution in [0.3, 0.4) is 0 Å². The number of hydrogen-bond acceptors (Lipinski definition) is 4. The summed E-state index contributed by atoms with van der Waals surface area (Å²) in [4.78, 5) is 15.2. The van der Waals surface area contributed by atoms with Crippen molar-refractivity contribution in [3.05, 3.63) is 102 Å². The zero-order chi connectivity index (χ0) is 25.1. The van der Waals surface area contributed by atoms with Crippen molar-refractivity contribution in [2.45, 2.75) is 30.6 Å². The molecule has 0 saturated heterocycles. The van der Waals surface area contributed by atoms with Crippen molar-refractivity contribution in [3.8, 4) is 6.07 Å². The molecule has 1 aliphatic heterocycles. The molecule has 1 aliphatic rings. The Morgan fingerprint density at radius 3 is 2.50 bits per heavy atom. The molecule has 6 nitrogen and oxygen atoms in total. The number of rotatable bonds is 6. The van der Waals surface area contributed by atoms with Gasteiger partial charge in [0.15, 0.2) is 0 Å². The predicted molar refractivity (Wildman–Crippen MR) is 141 cm³/mol. The number of nitrogens with one attached hydrogen (secondary N) is 1. The van der Waals surface area contributed by atoms with Gasteiger partial charge in [-0.3, -0.25) is 9.52 Å². The maximum Gasteiger partial charge on any atom is 0.262 e. The molecule has 1 heterocycles. The first-order valence-electron chi connectivity index (χ1n) is 11.9. The summed E-state index contributed by atoms with van der Waals surface area (Å²) in [5.41, 5.74) is 3.55. The van der Waals surface area contributed by atoms with E-state index in [1.165, 1.54) is 0 Å². The van der Waals surface area contributed by atoms with Crippen LogP contribution in [-0.4, -0.2) is 20.9 Å². The minimum absolute atomic E-state index is 0.0582. The number of carbonyl (C=O) groups is 1. The summed E-state index contributed by atoms with van der Waals surface area (Å²) in [6.45, 7) is 0.534. The topological polar surface area (TPSA) is 90.3 Å². The molecular weight excluding hydrogens is 470 g/mol. The van der Waals surface area contributed by atoms with Crippen LogP contribution >= 0.6 is 0 Å². The molecule has 1 amide bonds. The van der Waals surface area contributed by atoms with E-state index in [4.69, 9.17) is 5.26 Å². The molecule has 1 N–H and O–H groups in total. The minimum Gasteiger partial charge on any atom is -0.310 e. The van der Waals surface area contributed by atoms with Gasteiger partial charge in [0.2, 0.25) is 5.91 Å². The number of aryl methyl sites for hydroxylation is 2. The van der Waals surface area contributed by atoms with Gasteiger partial charge >= 0.3 is 0 Å². The van der Waals surface area contributed by atoms with Gasteiger partial charge in [0.1, 0.15) is 0 Å². The number of para-hydroxylation sites is 1. The van der Waals surface area contributed by atoms with Gasteiger partial charge in [-0.2, -0.15) is 5.26 Å². The van der Waals surface area contributed by atoms with Crippen molar-refractivity contribution in [1.29, 1.82) is 5.26 Å². The van der Waals surface area contributed by atoms with Gasteiger partial charge in [-0.15, -0.1) is 0 Å². The number of amides is 1. The number of anilines is 2. The van der Waals surface area contributed by atoms with Crippen molar-refractivity contribution in [1.82, 2.24) is 0 Å². The van der Waals surface area contributed by atoms with E-state index in [1.807, 2.05) is 48.5 Å². The van der Waals surface area contributed by atoms with E-state index in [2.05, 4.69) is 10.8 Å². The molecule has 0 aliphatic carbocycles. The molecule has 4 aromatic carbocycles. The largest absolute Gasteiger partial charge is 0.310 e. The van der Waals surface area contributed by atoms with E-state index in [-0.39, 0.29) is 17.2 Å². The Kier molecular flexibility index (Phi) is 6.45. The van der Waals surface area contributed by atoms with E-state index < -0.39 is 10.0 Å². The molecule has 4 aromatic rings. The fraction of sp³-hybridized carbons (Fsp3) is 0.172. The molecule has 0 aromatic heterocycles. The lowest BCUT2D eigenvalue weighted by molar-refractivity contribution is -0.118. The maximum absolute atomic E-state index is 13.5. The number of nitrogens with zero attached hydrogens (tertiary/aromatic N) is 2.